The summed E-state index contributed by atoms with van der Waals surface area (Å²) in [5.41, 5.74) is 1.85. The Labute approximate surface area is 145 Å². The highest BCUT2D eigenvalue weighted by Crippen LogP contribution is 2.23. The first kappa shape index (κ1) is 16.1. The largest absolute Gasteiger partial charge is 0.497 e. The molecule has 0 fully saturated rings. The van der Waals surface area contributed by atoms with Gasteiger partial charge in [-0.3, -0.25) is 4.79 Å². The standard InChI is InChI=1S/C19H16ClNO3/c1-23-16-8-2-13(3-9-16)12-21-19(22)18-11-10-17(24-18)14-4-6-15(20)7-5-14/h2-11H,12H2,1H3,(H,21,22). The number of methoxy groups -OCH3 is 1. The van der Waals surface area contributed by atoms with Crippen LogP contribution in [-0.4, -0.2) is 13.0 Å². The molecule has 0 saturated carbocycles. The first-order chi connectivity index (χ1) is 11.7. The van der Waals surface area contributed by atoms with Gasteiger partial charge in [0.25, 0.3) is 5.91 Å². The summed E-state index contributed by atoms with van der Waals surface area (Å²) in [5, 5.41) is 3.49. The lowest BCUT2D eigenvalue weighted by molar-refractivity contribution is 0.0924. The van der Waals surface area contributed by atoms with Gasteiger partial charge in [0.15, 0.2) is 5.76 Å². The number of furan rings is 1. The van der Waals surface area contributed by atoms with Crippen LogP contribution in [0.2, 0.25) is 5.02 Å². The predicted octanol–water partition coefficient (Wildman–Crippen LogP) is 4.54. The van der Waals surface area contributed by atoms with Gasteiger partial charge in [0.2, 0.25) is 0 Å². The van der Waals surface area contributed by atoms with Crippen molar-refractivity contribution in [2.75, 3.05) is 7.11 Å². The first-order valence-electron chi connectivity index (χ1n) is 7.42. The Morgan fingerprint density at radius 1 is 1.04 bits per heavy atom. The fourth-order valence-electron chi connectivity index (χ4n) is 2.24. The van der Waals surface area contributed by atoms with Gasteiger partial charge in [0.05, 0.1) is 7.11 Å². The van der Waals surface area contributed by atoms with E-state index in [-0.39, 0.29) is 11.7 Å². The molecule has 0 aliphatic rings. The van der Waals surface area contributed by atoms with Crippen LogP contribution in [0.25, 0.3) is 11.3 Å². The fraction of sp³-hybridized carbons (Fsp3) is 0.105. The molecule has 0 radical (unpaired) electrons. The summed E-state index contributed by atoms with van der Waals surface area (Å²) in [4.78, 5) is 12.2. The zero-order valence-electron chi connectivity index (χ0n) is 13.1. The van der Waals surface area contributed by atoms with E-state index in [1.54, 1.807) is 31.4 Å². The summed E-state index contributed by atoms with van der Waals surface area (Å²) in [6.07, 6.45) is 0. The van der Waals surface area contributed by atoms with Crippen molar-refractivity contribution < 1.29 is 13.9 Å². The number of halogens is 1. The van der Waals surface area contributed by atoms with E-state index >= 15 is 0 Å². The summed E-state index contributed by atoms with van der Waals surface area (Å²) >= 11 is 5.87. The highest BCUT2D eigenvalue weighted by Gasteiger charge is 2.12. The van der Waals surface area contributed by atoms with Crippen LogP contribution >= 0.6 is 11.6 Å². The van der Waals surface area contributed by atoms with Crippen molar-refractivity contribution >= 4 is 17.5 Å². The van der Waals surface area contributed by atoms with Crippen LogP contribution in [0.1, 0.15) is 16.1 Å². The molecule has 0 aliphatic heterocycles. The first-order valence-corrected chi connectivity index (χ1v) is 7.80. The molecular weight excluding hydrogens is 326 g/mol. The molecule has 5 heteroatoms. The van der Waals surface area contributed by atoms with E-state index in [0.717, 1.165) is 16.9 Å². The molecule has 3 rings (SSSR count). The Morgan fingerprint density at radius 2 is 1.75 bits per heavy atom. The molecule has 0 unspecified atom stereocenters. The normalized spacial score (nSPS) is 10.4. The number of ether oxygens (including phenoxy) is 1. The number of benzene rings is 2. The van der Waals surface area contributed by atoms with E-state index in [0.29, 0.717) is 17.3 Å². The van der Waals surface area contributed by atoms with Gasteiger partial charge in [0, 0.05) is 17.1 Å². The highest BCUT2D eigenvalue weighted by molar-refractivity contribution is 6.30. The minimum atomic E-state index is -0.258. The molecule has 4 nitrogen and oxygen atoms in total. The van der Waals surface area contributed by atoms with Crippen LogP contribution in [0, 0.1) is 0 Å². The summed E-state index contributed by atoms with van der Waals surface area (Å²) < 4.78 is 10.7. The summed E-state index contributed by atoms with van der Waals surface area (Å²) in [6.45, 7) is 0.416. The average molecular weight is 342 g/mol. The number of carbonyl (C=O) groups excluding carboxylic acids is 1. The van der Waals surface area contributed by atoms with Crippen molar-refractivity contribution in [3.05, 3.63) is 77.0 Å². The molecule has 122 valence electrons. The molecule has 0 aliphatic carbocycles. The Morgan fingerprint density at radius 3 is 2.42 bits per heavy atom. The summed E-state index contributed by atoms with van der Waals surface area (Å²) in [5.74, 6) is 1.42. The smallest absolute Gasteiger partial charge is 0.287 e. The summed E-state index contributed by atoms with van der Waals surface area (Å²) in [6, 6.07) is 18.2. The maximum Gasteiger partial charge on any atom is 0.287 e. The third-order valence-electron chi connectivity index (χ3n) is 3.57. The van der Waals surface area contributed by atoms with Gasteiger partial charge in [-0.1, -0.05) is 23.7 Å². The molecule has 0 spiro atoms. The maximum atomic E-state index is 12.2. The molecular formula is C19H16ClNO3. The van der Waals surface area contributed by atoms with E-state index in [1.807, 2.05) is 36.4 Å². The zero-order chi connectivity index (χ0) is 16.9. The molecule has 0 atom stereocenters. The molecule has 3 aromatic rings. The Bertz CT molecular complexity index is 823. The van der Waals surface area contributed by atoms with Gasteiger partial charge in [-0.15, -0.1) is 0 Å². The van der Waals surface area contributed by atoms with Crippen molar-refractivity contribution in [3.63, 3.8) is 0 Å². The molecule has 1 heterocycles. The topological polar surface area (TPSA) is 51.5 Å². The number of hydrogen-bond acceptors (Lipinski definition) is 3. The lowest BCUT2D eigenvalue weighted by Gasteiger charge is -2.05. The third-order valence-corrected chi connectivity index (χ3v) is 3.82. The van der Waals surface area contributed by atoms with Crippen LogP contribution < -0.4 is 10.1 Å². The molecule has 1 amide bonds. The minimum absolute atomic E-state index is 0.258. The highest BCUT2D eigenvalue weighted by atomic mass is 35.5. The Hall–Kier alpha value is -2.72. The van der Waals surface area contributed by atoms with E-state index in [4.69, 9.17) is 20.8 Å². The quantitative estimate of drug-likeness (QED) is 0.741. The second kappa shape index (κ2) is 7.23. The van der Waals surface area contributed by atoms with Crippen LogP contribution in [0.5, 0.6) is 5.75 Å². The monoisotopic (exact) mass is 341 g/mol. The van der Waals surface area contributed by atoms with Gasteiger partial charge in [-0.25, -0.2) is 0 Å². The molecule has 2 aromatic carbocycles. The average Bonchev–Trinajstić information content (AvgIpc) is 3.11. The molecule has 1 aromatic heterocycles. The van der Waals surface area contributed by atoms with Crippen molar-refractivity contribution in [1.29, 1.82) is 0 Å². The second-order valence-electron chi connectivity index (χ2n) is 5.20. The third kappa shape index (κ3) is 3.78. The summed E-state index contributed by atoms with van der Waals surface area (Å²) in [7, 11) is 1.62. The maximum absolute atomic E-state index is 12.2. The molecule has 24 heavy (non-hydrogen) atoms. The van der Waals surface area contributed by atoms with Crippen molar-refractivity contribution in [3.8, 4) is 17.1 Å². The van der Waals surface area contributed by atoms with E-state index in [1.165, 1.54) is 0 Å². The minimum Gasteiger partial charge on any atom is -0.497 e. The number of rotatable bonds is 5. The van der Waals surface area contributed by atoms with Crippen molar-refractivity contribution in [2.24, 2.45) is 0 Å². The Kier molecular flexibility index (Phi) is 4.87. The zero-order valence-corrected chi connectivity index (χ0v) is 13.8. The predicted molar refractivity (Wildman–Crippen MR) is 93.3 cm³/mol. The van der Waals surface area contributed by atoms with E-state index < -0.39 is 0 Å². The number of hydrogen-bond donors (Lipinski definition) is 1. The number of amides is 1. The van der Waals surface area contributed by atoms with Crippen molar-refractivity contribution in [2.45, 2.75) is 6.54 Å². The SMILES string of the molecule is COc1ccc(CNC(=O)c2ccc(-c3ccc(Cl)cc3)o2)cc1. The molecule has 1 N–H and O–H groups in total. The van der Waals surface area contributed by atoms with Crippen LogP contribution in [0.4, 0.5) is 0 Å². The van der Waals surface area contributed by atoms with Crippen LogP contribution in [-0.2, 0) is 6.54 Å². The van der Waals surface area contributed by atoms with Crippen molar-refractivity contribution in [1.82, 2.24) is 5.32 Å². The second-order valence-corrected chi connectivity index (χ2v) is 5.64. The van der Waals surface area contributed by atoms with Gasteiger partial charge in [-0.05, 0) is 54.1 Å². The van der Waals surface area contributed by atoms with Gasteiger partial charge in [-0.2, -0.15) is 0 Å². The van der Waals surface area contributed by atoms with Gasteiger partial charge in [0.1, 0.15) is 11.5 Å². The van der Waals surface area contributed by atoms with Gasteiger partial charge < -0.3 is 14.5 Å². The van der Waals surface area contributed by atoms with E-state index in [9.17, 15) is 4.79 Å². The number of nitrogens with one attached hydrogen (secondary N) is 1. The van der Waals surface area contributed by atoms with Gasteiger partial charge >= 0.3 is 0 Å². The van der Waals surface area contributed by atoms with Crippen LogP contribution in [0.3, 0.4) is 0 Å². The van der Waals surface area contributed by atoms with Crippen LogP contribution in [0.15, 0.2) is 65.1 Å². The van der Waals surface area contributed by atoms with E-state index in [2.05, 4.69) is 5.32 Å². The Balaban J connectivity index is 1.64. The fourth-order valence-corrected chi connectivity index (χ4v) is 2.37. The molecule has 0 bridgehead atoms. The lowest BCUT2D eigenvalue weighted by atomic mass is 10.2. The lowest BCUT2D eigenvalue weighted by Crippen LogP contribution is -2.22. The number of carbonyl (C=O) groups is 1. The molecule has 0 saturated heterocycles.